The van der Waals surface area contributed by atoms with Gasteiger partial charge in [-0.15, -0.1) is 0 Å². The molecule has 1 N–H and O–H groups in total. The van der Waals surface area contributed by atoms with Crippen LogP contribution >= 0.6 is 0 Å². The van der Waals surface area contributed by atoms with Crippen molar-refractivity contribution in [2.45, 2.75) is 13.3 Å². The maximum atomic E-state index is 5.43. The van der Waals surface area contributed by atoms with E-state index in [-0.39, 0.29) is 0 Å². The van der Waals surface area contributed by atoms with E-state index >= 15 is 0 Å². The highest BCUT2D eigenvalue weighted by atomic mass is 16.5. The summed E-state index contributed by atoms with van der Waals surface area (Å²) >= 11 is 0. The summed E-state index contributed by atoms with van der Waals surface area (Å²) < 4.78 is 5.43. The maximum absolute atomic E-state index is 5.43. The van der Waals surface area contributed by atoms with Crippen LogP contribution in [0.3, 0.4) is 0 Å². The number of ether oxygens (including phenoxy) is 1. The third-order valence-electron chi connectivity index (χ3n) is 2.17. The SMILES string of the molecule is CCCOc1nc(NC)nc(-c2ccccn2)n1. The fourth-order valence-electron chi connectivity index (χ4n) is 1.34. The molecule has 2 heterocycles. The highest BCUT2D eigenvalue weighted by molar-refractivity contribution is 5.50. The Balaban J connectivity index is 2.35. The van der Waals surface area contributed by atoms with Gasteiger partial charge in [0.15, 0.2) is 5.82 Å². The van der Waals surface area contributed by atoms with E-state index in [2.05, 4.69) is 25.3 Å². The third-order valence-corrected chi connectivity index (χ3v) is 2.17. The number of aromatic nitrogens is 4. The molecule has 0 aliphatic carbocycles. The first-order chi connectivity index (χ1) is 8.83. The topological polar surface area (TPSA) is 72.8 Å². The molecule has 0 fully saturated rings. The van der Waals surface area contributed by atoms with Gasteiger partial charge in [0.05, 0.1) is 6.61 Å². The lowest BCUT2D eigenvalue weighted by atomic mass is 10.3. The summed E-state index contributed by atoms with van der Waals surface area (Å²) in [5.74, 6) is 0.970. The molecule has 0 unspecified atom stereocenters. The van der Waals surface area contributed by atoms with Crippen LogP contribution in [-0.4, -0.2) is 33.6 Å². The second-order valence-corrected chi connectivity index (χ2v) is 3.58. The van der Waals surface area contributed by atoms with Crippen LogP contribution in [0.5, 0.6) is 6.01 Å². The van der Waals surface area contributed by atoms with Gasteiger partial charge >= 0.3 is 6.01 Å². The Morgan fingerprint density at radius 2 is 2.11 bits per heavy atom. The summed E-state index contributed by atoms with van der Waals surface area (Å²) in [7, 11) is 1.75. The summed E-state index contributed by atoms with van der Waals surface area (Å²) in [6.07, 6.45) is 2.60. The minimum atomic E-state index is 0.317. The van der Waals surface area contributed by atoms with Gasteiger partial charge in [0.25, 0.3) is 0 Å². The molecule has 2 rings (SSSR count). The van der Waals surface area contributed by atoms with Gasteiger partial charge in [0.1, 0.15) is 5.69 Å². The molecule has 0 saturated heterocycles. The largest absolute Gasteiger partial charge is 0.463 e. The minimum Gasteiger partial charge on any atom is -0.463 e. The average molecular weight is 245 g/mol. The summed E-state index contributed by atoms with van der Waals surface area (Å²) in [6, 6.07) is 5.89. The first-order valence-electron chi connectivity index (χ1n) is 5.81. The molecule has 0 radical (unpaired) electrons. The van der Waals surface area contributed by atoms with Crippen LogP contribution in [-0.2, 0) is 0 Å². The van der Waals surface area contributed by atoms with Gasteiger partial charge < -0.3 is 10.1 Å². The van der Waals surface area contributed by atoms with Gasteiger partial charge in [-0.1, -0.05) is 13.0 Å². The Kier molecular flexibility index (Phi) is 4.01. The molecule has 18 heavy (non-hydrogen) atoms. The zero-order chi connectivity index (χ0) is 12.8. The van der Waals surface area contributed by atoms with E-state index in [0.29, 0.717) is 30.1 Å². The number of anilines is 1. The molecular weight excluding hydrogens is 230 g/mol. The fourth-order valence-corrected chi connectivity index (χ4v) is 1.34. The van der Waals surface area contributed by atoms with E-state index in [0.717, 1.165) is 6.42 Å². The third kappa shape index (κ3) is 2.91. The van der Waals surface area contributed by atoms with Crippen LogP contribution < -0.4 is 10.1 Å². The van der Waals surface area contributed by atoms with Crippen LogP contribution in [0, 0.1) is 0 Å². The van der Waals surface area contributed by atoms with Crippen molar-refractivity contribution in [2.75, 3.05) is 19.0 Å². The van der Waals surface area contributed by atoms with Crippen molar-refractivity contribution < 1.29 is 4.74 Å². The molecule has 0 amide bonds. The molecule has 0 saturated carbocycles. The van der Waals surface area contributed by atoms with E-state index in [1.54, 1.807) is 13.2 Å². The average Bonchev–Trinajstić information content (AvgIpc) is 2.45. The number of nitrogens with one attached hydrogen (secondary N) is 1. The van der Waals surface area contributed by atoms with Gasteiger partial charge in [0.2, 0.25) is 5.95 Å². The molecule has 0 atom stereocenters. The summed E-state index contributed by atoms with van der Waals surface area (Å²) in [4.78, 5) is 16.8. The number of hydrogen-bond acceptors (Lipinski definition) is 6. The molecule has 0 aromatic carbocycles. The molecule has 0 bridgehead atoms. The Labute approximate surface area is 105 Å². The lowest BCUT2D eigenvalue weighted by Gasteiger charge is -2.06. The second kappa shape index (κ2) is 5.90. The lowest BCUT2D eigenvalue weighted by Crippen LogP contribution is -2.06. The Hall–Kier alpha value is -2.24. The molecule has 6 nitrogen and oxygen atoms in total. The second-order valence-electron chi connectivity index (χ2n) is 3.58. The number of nitrogens with zero attached hydrogens (tertiary/aromatic N) is 4. The monoisotopic (exact) mass is 245 g/mol. The standard InChI is InChI=1S/C12H15N5O/c1-3-8-18-12-16-10(15-11(13-2)17-12)9-6-4-5-7-14-9/h4-7H,3,8H2,1-2H3,(H,13,15,16,17). The van der Waals surface area contributed by atoms with Crippen molar-refractivity contribution in [3.05, 3.63) is 24.4 Å². The van der Waals surface area contributed by atoms with Gasteiger partial charge in [-0.25, -0.2) is 0 Å². The molecular formula is C12H15N5O. The molecule has 0 spiro atoms. The smallest absolute Gasteiger partial charge is 0.321 e. The summed E-state index contributed by atoms with van der Waals surface area (Å²) in [5, 5.41) is 2.88. The van der Waals surface area contributed by atoms with Crippen LogP contribution in [0.25, 0.3) is 11.5 Å². The molecule has 2 aromatic rings. The summed E-state index contributed by atoms with van der Waals surface area (Å²) in [5.41, 5.74) is 0.692. The number of pyridine rings is 1. The molecule has 0 aliphatic heterocycles. The van der Waals surface area contributed by atoms with Crippen molar-refractivity contribution in [1.82, 2.24) is 19.9 Å². The van der Waals surface area contributed by atoms with Crippen molar-refractivity contribution in [3.8, 4) is 17.5 Å². The fraction of sp³-hybridized carbons (Fsp3) is 0.333. The molecule has 2 aromatic heterocycles. The molecule has 0 aliphatic rings. The minimum absolute atomic E-state index is 0.317. The number of rotatable bonds is 5. The van der Waals surface area contributed by atoms with E-state index in [4.69, 9.17) is 4.74 Å². The lowest BCUT2D eigenvalue weighted by molar-refractivity contribution is 0.292. The van der Waals surface area contributed by atoms with Gasteiger partial charge in [-0.3, -0.25) is 4.98 Å². The van der Waals surface area contributed by atoms with E-state index in [1.807, 2.05) is 25.1 Å². The highest BCUT2D eigenvalue weighted by Gasteiger charge is 2.09. The molecule has 94 valence electrons. The first kappa shape index (κ1) is 12.2. The molecule has 6 heteroatoms. The van der Waals surface area contributed by atoms with Gasteiger partial charge in [0, 0.05) is 13.2 Å². The van der Waals surface area contributed by atoms with Crippen molar-refractivity contribution in [3.63, 3.8) is 0 Å². The normalized spacial score (nSPS) is 10.1. The Morgan fingerprint density at radius 3 is 2.78 bits per heavy atom. The van der Waals surface area contributed by atoms with Crippen LogP contribution in [0.15, 0.2) is 24.4 Å². The highest BCUT2D eigenvalue weighted by Crippen LogP contribution is 2.16. The van der Waals surface area contributed by atoms with Crippen LogP contribution in [0.2, 0.25) is 0 Å². The van der Waals surface area contributed by atoms with Crippen LogP contribution in [0.4, 0.5) is 5.95 Å². The Morgan fingerprint density at radius 1 is 1.22 bits per heavy atom. The van der Waals surface area contributed by atoms with Gasteiger partial charge in [-0.05, 0) is 18.6 Å². The zero-order valence-electron chi connectivity index (χ0n) is 10.4. The van der Waals surface area contributed by atoms with Crippen molar-refractivity contribution >= 4 is 5.95 Å². The van der Waals surface area contributed by atoms with E-state index in [1.165, 1.54) is 0 Å². The zero-order valence-corrected chi connectivity index (χ0v) is 10.4. The number of hydrogen-bond donors (Lipinski definition) is 1. The first-order valence-corrected chi connectivity index (χ1v) is 5.81. The Bertz CT molecular complexity index is 503. The van der Waals surface area contributed by atoms with Crippen molar-refractivity contribution in [2.24, 2.45) is 0 Å². The summed E-state index contributed by atoms with van der Waals surface area (Å²) in [6.45, 7) is 2.61. The van der Waals surface area contributed by atoms with E-state index in [9.17, 15) is 0 Å². The maximum Gasteiger partial charge on any atom is 0.321 e. The predicted molar refractivity (Wildman–Crippen MR) is 68.4 cm³/mol. The van der Waals surface area contributed by atoms with Crippen molar-refractivity contribution in [1.29, 1.82) is 0 Å². The van der Waals surface area contributed by atoms with E-state index < -0.39 is 0 Å². The van der Waals surface area contributed by atoms with Gasteiger partial charge in [-0.2, -0.15) is 15.0 Å². The van der Waals surface area contributed by atoms with Crippen LogP contribution in [0.1, 0.15) is 13.3 Å². The predicted octanol–water partition coefficient (Wildman–Crippen LogP) is 1.76. The quantitative estimate of drug-likeness (QED) is 0.865.